The predicted molar refractivity (Wildman–Crippen MR) is 98.3 cm³/mol. The van der Waals surface area contributed by atoms with Crippen LogP contribution in [0.15, 0.2) is 47.6 Å². The minimum absolute atomic E-state index is 0.0480. The summed E-state index contributed by atoms with van der Waals surface area (Å²) < 4.78 is 1.78. The summed E-state index contributed by atoms with van der Waals surface area (Å²) in [5.41, 5.74) is 4.28. The van der Waals surface area contributed by atoms with Crippen LogP contribution in [0, 0.1) is 17.0 Å². The summed E-state index contributed by atoms with van der Waals surface area (Å²) in [5, 5.41) is 14.9. The van der Waals surface area contributed by atoms with E-state index in [2.05, 4.69) is 15.5 Å². The Labute approximate surface area is 153 Å². The highest BCUT2D eigenvalue weighted by atomic mass is 35.5. The number of nitro benzene ring substituents is 1. The lowest BCUT2D eigenvalue weighted by atomic mass is 10.2. The number of imidazole rings is 1. The highest BCUT2D eigenvalue weighted by Gasteiger charge is 2.11. The number of hydrogen-bond donors (Lipinski definition) is 1. The Balaban J connectivity index is 1.71. The fraction of sp³-hybridized carbons (Fsp3) is 0.118. The Kier molecular flexibility index (Phi) is 4.94. The van der Waals surface area contributed by atoms with Crippen LogP contribution in [0.1, 0.15) is 11.4 Å². The van der Waals surface area contributed by atoms with Gasteiger partial charge in [0.1, 0.15) is 12.4 Å². The molecule has 0 aliphatic carbocycles. The maximum Gasteiger partial charge on any atom is 0.270 e. The normalized spacial score (nSPS) is 11.2. The van der Waals surface area contributed by atoms with E-state index in [0.717, 1.165) is 11.0 Å². The maximum absolute atomic E-state index is 12.1. The second-order valence-electron chi connectivity index (χ2n) is 5.49. The zero-order valence-corrected chi connectivity index (χ0v) is 14.5. The lowest BCUT2D eigenvalue weighted by Crippen LogP contribution is -2.23. The summed E-state index contributed by atoms with van der Waals surface area (Å²) >= 11 is 5.98. The van der Waals surface area contributed by atoms with E-state index in [1.165, 1.54) is 24.4 Å². The molecule has 0 saturated heterocycles. The molecule has 8 nitrogen and oxygen atoms in total. The van der Waals surface area contributed by atoms with Gasteiger partial charge in [-0.2, -0.15) is 5.10 Å². The molecule has 3 aromatic rings. The van der Waals surface area contributed by atoms with Crippen molar-refractivity contribution in [2.45, 2.75) is 13.5 Å². The Morgan fingerprint density at radius 3 is 2.92 bits per heavy atom. The molecule has 9 heteroatoms. The number of nitro groups is 1. The summed E-state index contributed by atoms with van der Waals surface area (Å²) in [4.78, 5) is 26.8. The minimum Gasteiger partial charge on any atom is -0.319 e. The molecule has 2 aromatic carbocycles. The van der Waals surface area contributed by atoms with Gasteiger partial charge < -0.3 is 4.57 Å². The quantitative estimate of drug-likeness (QED) is 0.423. The molecule has 0 saturated carbocycles. The van der Waals surface area contributed by atoms with Gasteiger partial charge in [0.15, 0.2) is 0 Å². The molecule has 1 aromatic heterocycles. The van der Waals surface area contributed by atoms with Crippen molar-refractivity contribution >= 4 is 40.4 Å². The number of para-hydroxylation sites is 2. The van der Waals surface area contributed by atoms with Crippen molar-refractivity contribution in [2.24, 2.45) is 5.10 Å². The van der Waals surface area contributed by atoms with Crippen molar-refractivity contribution in [3.63, 3.8) is 0 Å². The molecule has 0 atom stereocenters. The zero-order chi connectivity index (χ0) is 18.7. The number of aryl methyl sites for hydroxylation is 1. The molecule has 1 N–H and O–H groups in total. The standard InChI is InChI=1S/C17H14ClN5O3/c1-11-20-15-4-2-3-5-16(15)22(11)10-17(24)21-19-9-12-8-13(23(25)26)6-7-14(12)18/h2-9H,10H2,1H3,(H,21,24)/b19-9-. The number of aromatic nitrogens is 2. The molecule has 0 radical (unpaired) electrons. The summed E-state index contributed by atoms with van der Waals surface area (Å²) in [6.07, 6.45) is 1.27. The molecule has 3 rings (SSSR count). The molecular weight excluding hydrogens is 358 g/mol. The van der Waals surface area contributed by atoms with Gasteiger partial charge in [0, 0.05) is 22.7 Å². The molecule has 26 heavy (non-hydrogen) atoms. The number of non-ortho nitro benzene ring substituents is 1. The number of carbonyl (C=O) groups is 1. The summed E-state index contributed by atoms with van der Waals surface area (Å²) in [7, 11) is 0. The fourth-order valence-electron chi connectivity index (χ4n) is 2.49. The molecule has 0 bridgehead atoms. The van der Waals surface area contributed by atoms with Gasteiger partial charge in [-0.1, -0.05) is 23.7 Å². The van der Waals surface area contributed by atoms with Crippen LogP contribution in [0.4, 0.5) is 5.69 Å². The Bertz CT molecular complexity index is 1030. The first-order valence-electron chi connectivity index (χ1n) is 7.63. The van der Waals surface area contributed by atoms with E-state index in [4.69, 9.17) is 11.6 Å². The van der Waals surface area contributed by atoms with E-state index in [9.17, 15) is 14.9 Å². The van der Waals surface area contributed by atoms with E-state index >= 15 is 0 Å². The largest absolute Gasteiger partial charge is 0.319 e. The Morgan fingerprint density at radius 1 is 1.38 bits per heavy atom. The Morgan fingerprint density at radius 2 is 2.15 bits per heavy atom. The predicted octanol–water partition coefficient (Wildman–Crippen LogP) is 3.06. The number of hydrogen-bond acceptors (Lipinski definition) is 5. The van der Waals surface area contributed by atoms with Crippen LogP contribution in [-0.2, 0) is 11.3 Å². The first kappa shape index (κ1) is 17.6. The van der Waals surface area contributed by atoms with Crippen molar-refractivity contribution in [3.8, 4) is 0 Å². The summed E-state index contributed by atoms with van der Waals surface area (Å²) in [5.74, 6) is 0.362. The number of nitrogens with one attached hydrogen (secondary N) is 1. The van der Waals surface area contributed by atoms with Crippen LogP contribution >= 0.6 is 11.6 Å². The van der Waals surface area contributed by atoms with Crippen LogP contribution in [0.2, 0.25) is 5.02 Å². The van der Waals surface area contributed by atoms with Gasteiger partial charge in [-0.25, -0.2) is 10.4 Å². The topological polar surface area (TPSA) is 102 Å². The number of rotatable bonds is 5. The van der Waals surface area contributed by atoms with Crippen molar-refractivity contribution in [1.82, 2.24) is 15.0 Å². The van der Waals surface area contributed by atoms with Crippen molar-refractivity contribution in [1.29, 1.82) is 0 Å². The number of carbonyl (C=O) groups excluding carboxylic acids is 1. The van der Waals surface area contributed by atoms with Crippen LogP contribution < -0.4 is 5.43 Å². The number of fused-ring (bicyclic) bond motifs is 1. The molecular formula is C17H14ClN5O3. The number of halogens is 1. The molecule has 0 spiro atoms. The van der Waals surface area contributed by atoms with Gasteiger partial charge in [-0.3, -0.25) is 14.9 Å². The van der Waals surface area contributed by atoms with Gasteiger partial charge in [0.25, 0.3) is 11.6 Å². The second kappa shape index (κ2) is 7.32. The third-order valence-electron chi connectivity index (χ3n) is 3.73. The van der Waals surface area contributed by atoms with Crippen molar-refractivity contribution in [3.05, 3.63) is 69.0 Å². The van der Waals surface area contributed by atoms with Crippen molar-refractivity contribution < 1.29 is 9.72 Å². The number of nitrogens with zero attached hydrogens (tertiary/aromatic N) is 4. The van der Waals surface area contributed by atoms with Crippen LogP contribution in [-0.4, -0.2) is 26.6 Å². The molecule has 132 valence electrons. The summed E-state index contributed by atoms with van der Waals surface area (Å²) in [6, 6.07) is 11.5. The average Bonchev–Trinajstić information content (AvgIpc) is 2.92. The third kappa shape index (κ3) is 3.70. The lowest BCUT2D eigenvalue weighted by molar-refractivity contribution is -0.384. The van der Waals surface area contributed by atoms with Crippen LogP contribution in [0.25, 0.3) is 11.0 Å². The number of amides is 1. The van der Waals surface area contributed by atoms with E-state index in [1.54, 1.807) is 4.57 Å². The molecule has 1 heterocycles. The number of hydrazone groups is 1. The molecule has 1 amide bonds. The summed E-state index contributed by atoms with van der Waals surface area (Å²) in [6.45, 7) is 1.87. The first-order chi connectivity index (χ1) is 12.5. The minimum atomic E-state index is -0.529. The van der Waals surface area contributed by atoms with Crippen LogP contribution in [0.5, 0.6) is 0 Å². The van der Waals surface area contributed by atoms with E-state index < -0.39 is 4.92 Å². The zero-order valence-electron chi connectivity index (χ0n) is 13.7. The van der Waals surface area contributed by atoms with E-state index in [0.29, 0.717) is 16.4 Å². The molecule has 0 unspecified atom stereocenters. The number of benzene rings is 2. The highest BCUT2D eigenvalue weighted by Crippen LogP contribution is 2.20. The highest BCUT2D eigenvalue weighted by molar-refractivity contribution is 6.33. The molecule has 0 aliphatic rings. The van der Waals surface area contributed by atoms with E-state index in [-0.39, 0.29) is 18.1 Å². The SMILES string of the molecule is Cc1nc2ccccc2n1CC(=O)N/N=C\c1cc([N+](=O)[O-])ccc1Cl. The lowest BCUT2D eigenvalue weighted by Gasteiger charge is -2.05. The first-order valence-corrected chi connectivity index (χ1v) is 8.01. The monoisotopic (exact) mass is 371 g/mol. The van der Waals surface area contributed by atoms with Gasteiger partial charge in [-0.15, -0.1) is 0 Å². The maximum atomic E-state index is 12.1. The van der Waals surface area contributed by atoms with Crippen molar-refractivity contribution in [2.75, 3.05) is 0 Å². The van der Waals surface area contributed by atoms with Gasteiger partial charge >= 0.3 is 0 Å². The second-order valence-corrected chi connectivity index (χ2v) is 5.90. The fourth-order valence-corrected chi connectivity index (χ4v) is 2.66. The van der Waals surface area contributed by atoms with Gasteiger partial charge in [0.2, 0.25) is 0 Å². The van der Waals surface area contributed by atoms with Gasteiger partial charge in [0.05, 0.1) is 22.2 Å². The molecule has 0 fully saturated rings. The third-order valence-corrected chi connectivity index (χ3v) is 4.07. The molecule has 0 aliphatic heterocycles. The smallest absolute Gasteiger partial charge is 0.270 e. The van der Waals surface area contributed by atoms with E-state index in [1.807, 2.05) is 31.2 Å². The average molecular weight is 372 g/mol. The van der Waals surface area contributed by atoms with Gasteiger partial charge in [-0.05, 0) is 25.1 Å². The van der Waals surface area contributed by atoms with Crippen LogP contribution in [0.3, 0.4) is 0 Å². The Hall–Kier alpha value is -3.26.